The fourth-order valence-corrected chi connectivity index (χ4v) is 7.83. The summed E-state index contributed by atoms with van der Waals surface area (Å²) in [7, 11) is -13.7. The number of fused-ring (bicyclic) bond motifs is 3. The molecule has 0 fully saturated rings. The van der Waals surface area contributed by atoms with Crippen LogP contribution in [0.4, 0.5) is 39.8 Å². The first-order valence-electron chi connectivity index (χ1n) is 19.0. The highest BCUT2D eigenvalue weighted by Gasteiger charge is 2.23. The Kier molecular flexibility index (Phi) is 14.1. The number of ether oxygens (including phenoxy) is 2. The largest absolute Gasteiger partial charge is 0.493 e. The van der Waals surface area contributed by atoms with Crippen LogP contribution in [0.5, 0.6) is 17.4 Å². The molecule has 0 spiro atoms. The lowest BCUT2D eigenvalue weighted by atomic mass is 10.1. The van der Waals surface area contributed by atoms with Crippen LogP contribution >= 0.6 is 0 Å². The van der Waals surface area contributed by atoms with Gasteiger partial charge in [-0.3, -0.25) is 28.2 Å². The van der Waals surface area contributed by atoms with E-state index in [1.807, 2.05) is 0 Å². The lowest BCUT2D eigenvalue weighted by Crippen LogP contribution is -2.08. The van der Waals surface area contributed by atoms with Gasteiger partial charge in [0.05, 0.1) is 52.1 Å². The van der Waals surface area contributed by atoms with Gasteiger partial charge in [-0.05, 0) is 75.1 Å². The van der Waals surface area contributed by atoms with Crippen molar-refractivity contribution in [3.05, 3.63) is 99.1 Å². The van der Waals surface area contributed by atoms with Crippen LogP contribution in [-0.2, 0) is 30.4 Å². The van der Waals surface area contributed by atoms with Crippen LogP contribution in [0, 0.1) is 42.2 Å². The van der Waals surface area contributed by atoms with E-state index in [9.17, 15) is 59.4 Å². The number of imidazole rings is 1. The molecule has 0 saturated carbocycles. The molecule has 0 atom stereocenters. The Morgan fingerprint density at radius 3 is 1.76 bits per heavy atom. The summed E-state index contributed by atoms with van der Waals surface area (Å²) in [6.07, 6.45) is -0.311. The van der Waals surface area contributed by atoms with Gasteiger partial charge < -0.3 is 14.6 Å². The monoisotopic (exact) mass is 964 g/mol. The lowest BCUT2D eigenvalue weighted by molar-refractivity contribution is -0.385. The number of nitro groups is 1. The third-order valence-electron chi connectivity index (χ3n) is 9.43. The van der Waals surface area contributed by atoms with E-state index in [2.05, 4.69) is 41.7 Å². The van der Waals surface area contributed by atoms with Crippen LogP contribution < -0.4 is 9.47 Å². The van der Waals surface area contributed by atoms with Crippen LogP contribution in [0.15, 0.2) is 102 Å². The molecule has 27 heteroatoms. The Morgan fingerprint density at radius 1 is 0.727 bits per heavy atom. The number of nitrogens with zero attached hydrogens (tertiary/aromatic N) is 10. The van der Waals surface area contributed by atoms with Crippen LogP contribution in [0.1, 0.15) is 35.1 Å². The van der Waals surface area contributed by atoms with Crippen molar-refractivity contribution in [3.8, 4) is 23.4 Å². The maximum atomic E-state index is 12.0. The molecular formula is C39H36N10O14S3. The second kappa shape index (κ2) is 19.4. The second-order valence-electron chi connectivity index (χ2n) is 14.2. The van der Waals surface area contributed by atoms with Crippen molar-refractivity contribution in [3.63, 3.8) is 0 Å². The fourth-order valence-electron chi connectivity index (χ4n) is 6.22. The van der Waals surface area contributed by atoms with Gasteiger partial charge in [0.25, 0.3) is 36.0 Å². The third-order valence-corrected chi connectivity index (χ3v) is 11.9. The van der Waals surface area contributed by atoms with E-state index in [0.29, 0.717) is 28.2 Å². The zero-order valence-electron chi connectivity index (χ0n) is 34.7. The van der Waals surface area contributed by atoms with Crippen molar-refractivity contribution in [2.75, 3.05) is 24.7 Å². The number of nitriles is 1. The second-order valence-corrected chi connectivity index (χ2v) is 18.8. The minimum atomic E-state index is -4.99. The highest BCUT2D eigenvalue weighted by Crippen LogP contribution is 2.42. The number of aromatic hydroxyl groups is 1. The minimum absolute atomic E-state index is 0.00424. The van der Waals surface area contributed by atoms with E-state index in [4.69, 9.17) is 9.47 Å². The third kappa shape index (κ3) is 11.5. The SMILES string of the molecule is Cc1cc(N=Nc2c(C)c(C#N)c3nc4ccccc4n3c2O)c(OCCCS(=O)(=O)O)cc1N=Nc1cc(C)c(N=Nc2ccc([N+](=O)[O-])cc2S(=O)(=O)O)cc1OCCCS(=O)(=O)O. The summed E-state index contributed by atoms with van der Waals surface area (Å²) in [4.78, 5) is 14.0. The molecule has 344 valence electrons. The Bertz CT molecular complexity index is 3410. The number of non-ortho nitro benzene ring substituents is 1. The van der Waals surface area contributed by atoms with E-state index >= 15 is 0 Å². The van der Waals surface area contributed by atoms with Gasteiger partial charge in [0.1, 0.15) is 45.1 Å². The number of benzene rings is 4. The molecule has 0 bridgehead atoms. The van der Waals surface area contributed by atoms with Crippen molar-refractivity contribution < 1.29 is 58.4 Å². The first-order valence-corrected chi connectivity index (χ1v) is 23.7. The van der Waals surface area contributed by atoms with Gasteiger partial charge in [-0.2, -0.15) is 40.7 Å². The number of para-hydroxylation sites is 2. The fraction of sp³-hybridized carbons (Fsp3) is 0.231. The van der Waals surface area contributed by atoms with E-state index in [0.717, 1.165) is 12.1 Å². The quantitative estimate of drug-likeness (QED) is 0.0206. The first kappa shape index (κ1) is 48.1. The Morgan fingerprint density at radius 2 is 1.24 bits per heavy atom. The summed E-state index contributed by atoms with van der Waals surface area (Å²) in [6.45, 7) is 4.25. The molecule has 6 aromatic rings. The number of pyridine rings is 1. The van der Waals surface area contributed by atoms with Crippen LogP contribution in [0.25, 0.3) is 16.7 Å². The van der Waals surface area contributed by atoms with Gasteiger partial charge in [0.15, 0.2) is 11.3 Å². The average molecular weight is 965 g/mol. The number of hydrogen-bond donors (Lipinski definition) is 4. The van der Waals surface area contributed by atoms with Crippen molar-refractivity contribution in [1.29, 1.82) is 5.26 Å². The van der Waals surface area contributed by atoms with Gasteiger partial charge in [-0.15, -0.1) is 20.5 Å². The summed E-state index contributed by atoms with van der Waals surface area (Å²) < 4.78 is 111. The molecule has 4 aromatic carbocycles. The maximum Gasteiger partial charge on any atom is 0.297 e. The first-order chi connectivity index (χ1) is 31.0. The van der Waals surface area contributed by atoms with Crippen LogP contribution in [0.3, 0.4) is 0 Å². The number of aromatic nitrogens is 2. The van der Waals surface area contributed by atoms with Crippen molar-refractivity contribution in [2.24, 2.45) is 30.7 Å². The molecule has 0 radical (unpaired) electrons. The van der Waals surface area contributed by atoms with Crippen LogP contribution in [0.2, 0.25) is 0 Å². The number of hydrogen-bond acceptors (Lipinski definition) is 19. The predicted octanol–water partition coefficient (Wildman–Crippen LogP) is 8.70. The molecule has 66 heavy (non-hydrogen) atoms. The smallest absolute Gasteiger partial charge is 0.297 e. The molecule has 0 unspecified atom stereocenters. The highest BCUT2D eigenvalue weighted by atomic mass is 32.2. The summed E-state index contributed by atoms with van der Waals surface area (Å²) in [6, 6.07) is 17.2. The molecule has 4 N–H and O–H groups in total. The molecule has 0 aliphatic carbocycles. The van der Waals surface area contributed by atoms with E-state index in [1.54, 1.807) is 45.0 Å². The number of aryl methyl sites for hydroxylation is 2. The van der Waals surface area contributed by atoms with E-state index in [-0.39, 0.29) is 88.6 Å². The molecule has 2 aromatic heterocycles. The number of nitro benzene ring substituents is 1. The molecule has 0 saturated heterocycles. The molecule has 6 rings (SSSR count). The average Bonchev–Trinajstić information content (AvgIpc) is 3.62. The predicted molar refractivity (Wildman–Crippen MR) is 235 cm³/mol. The molecule has 24 nitrogen and oxygen atoms in total. The highest BCUT2D eigenvalue weighted by molar-refractivity contribution is 7.86. The zero-order valence-corrected chi connectivity index (χ0v) is 37.1. The van der Waals surface area contributed by atoms with Crippen molar-refractivity contribution in [1.82, 2.24) is 9.38 Å². The van der Waals surface area contributed by atoms with E-state index < -0.39 is 63.1 Å². The standard InChI is InChI=1S/C39H36N10O14S3/c1-22-16-31(34(62-12-6-14-64(53,54)55)19-29(22)43-42-28-11-10-25(49(51)52)18-36(28)66(59,60)61)45-44-30-20-35(63-13-7-15-65(56,57)58)32(17-23(30)2)46-47-37-24(3)26(21-40)38-41-27-8-4-5-9-33(27)48(38)39(37)50/h4-5,8-11,16-20,50H,6-7,12-15H2,1-3H3,(H,53,54,55)(H,56,57,58)(H,59,60,61). The molecule has 0 aliphatic heterocycles. The van der Waals surface area contributed by atoms with Gasteiger partial charge in [0, 0.05) is 29.8 Å². The topological polar surface area (TPSA) is 360 Å². The molecule has 0 aliphatic rings. The molecule has 0 amide bonds. The summed E-state index contributed by atoms with van der Waals surface area (Å²) in [5.74, 6) is -1.67. The Labute approximate surface area is 375 Å². The Hall–Kier alpha value is -7.35. The lowest BCUT2D eigenvalue weighted by Gasteiger charge is -2.12. The minimum Gasteiger partial charge on any atom is -0.493 e. The molecule has 2 heterocycles. The maximum absolute atomic E-state index is 12.0. The van der Waals surface area contributed by atoms with Gasteiger partial charge in [-0.1, -0.05) is 12.1 Å². The summed E-state index contributed by atoms with van der Waals surface area (Å²) >= 11 is 0. The zero-order chi connectivity index (χ0) is 48.1. The van der Waals surface area contributed by atoms with Gasteiger partial charge >= 0.3 is 0 Å². The van der Waals surface area contributed by atoms with Crippen LogP contribution in [-0.4, -0.2) is 83.0 Å². The van der Waals surface area contributed by atoms with Crippen molar-refractivity contribution in [2.45, 2.75) is 38.5 Å². The normalized spacial score (nSPS) is 12.5. The van der Waals surface area contributed by atoms with Gasteiger partial charge in [-0.25, -0.2) is 4.98 Å². The number of rotatable bonds is 18. The molecular weight excluding hydrogens is 929 g/mol. The summed E-state index contributed by atoms with van der Waals surface area (Å²) in [5.41, 5.74) is 1.62. The Balaban J connectivity index is 1.40. The number of azo groups is 3. The van der Waals surface area contributed by atoms with Gasteiger partial charge in [0.2, 0.25) is 5.88 Å². The van der Waals surface area contributed by atoms with E-state index in [1.165, 1.54) is 28.7 Å². The van der Waals surface area contributed by atoms with Crippen molar-refractivity contribution >= 4 is 86.8 Å². The summed E-state index contributed by atoms with van der Waals surface area (Å²) in [5, 5.41) is 58.0.